The summed E-state index contributed by atoms with van der Waals surface area (Å²) in [7, 11) is 0. The van der Waals surface area contributed by atoms with Crippen LogP contribution in [0.3, 0.4) is 0 Å². The monoisotopic (exact) mass is 540 g/mol. The molecule has 3 atom stereocenters. The van der Waals surface area contributed by atoms with E-state index in [-0.39, 0.29) is 38.0 Å². The number of likely N-dealkylation sites (tertiary alicyclic amines) is 1. The highest BCUT2D eigenvalue weighted by Crippen LogP contribution is 2.44. The zero-order valence-corrected chi connectivity index (χ0v) is 22.5. The van der Waals surface area contributed by atoms with Gasteiger partial charge < -0.3 is 24.1 Å². The van der Waals surface area contributed by atoms with E-state index in [0.717, 1.165) is 24.0 Å². The van der Waals surface area contributed by atoms with E-state index >= 15 is 0 Å². The van der Waals surface area contributed by atoms with Crippen LogP contribution >= 0.6 is 0 Å². The van der Waals surface area contributed by atoms with Gasteiger partial charge in [-0.25, -0.2) is 5.06 Å². The summed E-state index contributed by atoms with van der Waals surface area (Å²) in [4.78, 5) is 33.9. The maximum Gasteiger partial charge on any atom is 0.308 e. The second kappa shape index (κ2) is 12.1. The molecule has 5 rings (SSSR count). The molecule has 0 radical (unpaired) electrons. The fourth-order valence-corrected chi connectivity index (χ4v) is 5.74. The van der Waals surface area contributed by atoms with Crippen molar-refractivity contribution in [1.29, 1.82) is 0 Å². The summed E-state index contributed by atoms with van der Waals surface area (Å²) in [6, 6.07) is 11.0. The Kier molecular flexibility index (Phi) is 8.42. The summed E-state index contributed by atoms with van der Waals surface area (Å²) in [6.07, 6.45) is 2.68. The lowest BCUT2D eigenvalue weighted by molar-refractivity contribution is -0.188. The first kappa shape index (κ1) is 27.1. The number of hydrogen-bond donors (Lipinski definition) is 1. The van der Waals surface area contributed by atoms with Crippen molar-refractivity contribution < 1.29 is 38.5 Å². The Hall–Kier alpha value is -3.50. The third kappa shape index (κ3) is 5.77. The van der Waals surface area contributed by atoms with Gasteiger partial charge in [-0.15, -0.1) is 0 Å². The van der Waals surface area contributed by atoms with Gasteiger partial charge in [0.2, 0.25) is 13.6 Å². The first-order valence-corrected chi connectivity index (χ1v) is 13.7. The van der Waals surface area contributed by atoms with E-state index in [2.05, 4.69) is 0 Å². The summed E-state index contributed by atoms with van der Waals surface area (Å²) in [5.74, 6) is 0.570. The van der Waals surface area contributed by atoms with Crippen molar-refractivity contribution in [3.05, 3.63) is 47.5 Å². The number of hydroxylamine groups is 2. The minimum absolute atomic E-state index is 0.0751. The lowest BCUT2D eigenvalue weighted by Gasteiger charge is -2.29. The van der Waals surface area contributed by atoms with E-state index in [0.29, 0.717) is 55.5 Å². The maximum absolute atomic E-state index is 13.4. The summed E-state index contributed by atoms with van der Waals surface area (Å²) >= 11 is 0. The number of fused-ring (bicyclic) bond motifs is 2. The van der Waals surface area contributed by atoms with Crippen molar-refractivity contribution in [2.24, 2.45) is 5.92 Å². The fourth-order valence-electron chi connectivity index (χ4n) is 5.74. The molecule has 210 valence electrons. The number of carboxylic acid groups (broad SMARTS) is 1. The Morgan fingerprint density at radius 1 is 1.03 bits per heavy atom. The number of para-hydroxylation sites is 1. The zero-order chi connectivity index (χ0) is 27.4. The van der Waals surface area contributed by atoms with Crippen molar-refractivity contribution in [3.8, 4) is 23.0 Å². The summed E-state index contributed by atoms with van der Waals surface area (Å²) < 4.78 is 22.2. The van der Waals surface area contributed by atoms with Crippen LogP contribution in [-0.4, -0.2) is 72.8 Å². The van der Waals surface area contributed by atoms with E-state index in [1.54, 1.807) is 0 Å². The molecule has 1 saturated heterocycles. The van der Waals surface area contributed by atoms with Gasteiger partial charge >= 0.3 is 5.97 Å². The van der Waals surface area contributed by atoms with Gasteiger partial charge in [0.15, 0.2) is 23.0 Å². The molecule has 0 spiro atoms. The van der Waals surface area contributed by atoms with E-state index < -0.39 is 11.9 Å². The highest BCUT2D eigenvalue weighted by Gasteiger charge is 2.47. The van der Waals surface area contributed by atoms with Crippen LogP contribution in [0.1, 0.15) is 50.2 Å². The normalized spacial score (nSPS) is 21.3. The topological polar surface area (TPSA) is 107 Å². The molecule has 10 heteroatoms. The highest BCUT2D eigenvalue weighted by atomic mass is 16.7. The molecule has 0 saturated carbocycles. The van der Waals surface area contributed by atoms with Crippen LogP contribution in [0.5, 0.6) is 23.0 Å². The Balaban J connectivity index is 1.42. The van der Waals surface area contributed by atoms with Crippen LogP contribution < -0.4 is 18.9 Å². The summed E-state index contributed by atoms with van der Waals surface area (Å²) in [5, 5.41) is 11.9. The molecule has 3 heterocycles. The lowest BCUT2D eigenvalue weighted by Crippen LogP contribution is -2.44. The molecule has 0 bridgehead atoms. The minimum atomic E-state index is -0.886. The Morgan fingerprint density at radius 2 is 1.82 bits per heavy atom. The molecule has 3 aliphatic rings. The molecule has 1 unspecified atom stereocenters. The van der Waals surface area contributed by atoms with E-state index in [1.807, 2.05) is 55.1 Å². The van der Waals surface area contributed by atoms with Crippen LogP contribution in [0.25, 0.3) is 0 Å². The predicted molar refractivity (Wildman–Crippen MR) is 141 cm³/mol. The predicted octanol–water partition coefficient (Wildman–Crippen LogP) is 3.83. The van der Waals surface area contributed by atoms with Crippen LogP contribution in [0.4, 0.5) is 0 Å². The molecule has 39 heavy (non-hydrogen) atoms. The van der Waals surface area contributed by atoms with Gasteiger partial charge in [0.05, 0.1) is 19.1 Å². The molecular formula is C29H36N2O8. The summed E-state index contributed by atoms with van der Waals surface area (Å²) in [6.45, 7) is 5.74. The molecule has 10 nitrogen and oxygen atoms in total. The Bertz CT molecular complexity index is 1190. The second-order valence-electron chi connectivity index (χ2n) is 10.1. The van der Waals surface area contributed by atoms with E-state index in [1.165, 1.54) is 5.06 Å². The number of carbonyl (C=O) groups is 2. The number of carboxylic acids is 1. The van der Waals surface area contributed by atoms with Crippen molar-refractivity contribution in [2.75, 3.05) is 39.8 Å². The number of nitrogens with zero attached hydrogens (tertiary/aromatic N) is 2. The van der Waals surface area contributed by atoms with Crippen LogP contribution in [0.15, 0.2) is 36.4 Å². The smallest absolute Gasteiger partial charge is 0.308 e. The first-order valence-electron chi connectivity index (χ1n) is 13.7. The van der Waals surface area contributed by atoms with Crippen LogP contribution in [-0.2, 0) is 20.8 Å². The molecule has 0 aliphatic carbocycles. The van der Waals surface area contributed by atoms with Crippen molar-refractivity contribution in [2.45, 2.75) is 51.5 Å². The summed E-state index contributed by atoms with van der Waals surface area (Å²) in [5.41, 5.74) is 1.82. The van der Waals surface area contributed by atoms with Gasteiger partial charge in [-0.05, 0) is 55.0 Å². The Morgan fingerprint density at radius 3 is 2.62 bits per heavy atom. The number of carbonyl (C=O) groups excluding carboxylic acids is 1. The number of aryl methyl sites for hydroxylation is 1. The molecule has 0 aromatic heterocycles. The van der Waals surface area contributed by atoms with Crippen LogP contribution in [0, 0.1) is 5.92 Å². The molecule has 2 aromatic rings. The minimum Gasteiger partial charge on any atom is -0.481 e. The van der Waals surface area contributed by atoms with Gasteiger partial charge in [0.25, 0.3) is 5.91 Å². The average molecular weight is 541 g/mol. The third-order valence-corrected chi connectivity index (χ3v) is 7.54. The van der Waals surface area contributed by atoms with Gasteiger partial charge in [0, 0.05) is 25.0 Å². The Labute approximate surface area is 228 Å². The SMILES string of the molecule is CCCON(CCC)C(=O)CN1C[C@H](c2ccc3c(c2)OCO3)C(C(=O)O)[C@@H]1CCc1cccc2c1OCO2. The molecule has 2 aromatic carbocycles. The quantitative estimate of drug-likeness (QED) is 0.402. The molecule has 1 amide bonds. The van der Waals surface area contributed by atoms with E-state index in [4.69, 9.17) is 23.8 Å². The van der Waals surface area contributed by atoms with Gasteiger partial charge in [-0.2, -0.15) is 0 Å². The fraction of sp³-hybridized carbons (Fsp3) is 0.517. The van der Waals surface area contributed by atoms with Gasteiger partial charge in [-0.1, -0.05) is 32.0 Å². The maximum atomic E-state index is 13.4. The van der Waals surface area contributed by atoms with E-state index in [9.17, 15) is 14.7 Å². The standard InChI is InChI=1S/C29H36N2O8/c1-3-12-31(39-13-4-2)26(32)16-30-15-21(20-9-11-23-25(14-20)37-17-35-23)27(29(33)34)22(30)10-8-19-6-5-7-24-28(19)38-18-36-24/h5-7,9,11,14,21-22,27H,3-4,8,10,12-13,15-18H2,1-2H3,(H,33,34)/t21-,22+,27?/m1/s1. The van der Waals surface area contributed by atoms with Crippen molar-refractivity contribution >= 4 is 11.9 Å². The average Bonchev–Trinajstić information content (AvgIpc) is 3.68. The number of rotatable bonds is 12. The van der Waals surface area contributed by atoms with Crippen LogP contribution in [0.2, 0.25) is 0 Å². The second-order valence-corrected chi connectivity index (χ2v) is 10.1. The van der Waals surface area contributed by atoms with Crippen molar-refractivity contribution in [3.63, 3.8) is 0 Å². The number of hydrogen-bond acceptors (Lipinski definition) is 8. The molecular weight excluding hydrogens is 504 g/mol. The lowest BCUT2D eigenvalue weighted by atomic mass is 9.83. The first-order chi connectivity index (χ1) is 19.0. The molecule has 3 aliphatic heterocycles. The molecule has 1 N–H and O–H groups in total. The third-order valence-electron chi connectivity index (χ3n) is 7.54. The highest BCUT2D eigenvalue weighted by molar-refractivity contribution is 5.78. The molecule has 1 fully saturated rings. The van der Waals surface area contributed by atoms with Gasteiger partial charge in [0.1, 0.15) is 0 Å². The van der Waals surface area contributed by atoms with Gasteiger partial charge in [-0.3, -0.25) is 19.3 Å². The number of aliphatic carboxylic acids is 1. The number of ether oxygens (including phenoxy) is 4. The zero-order valence-electron chi connectivity index (χ0n) is 22.5. The van der Waals surface area contributed by atoms with Crippen molar-refractivity contribution in [1.82, 2.24) is 9.96 Å². The number of benzene rings is 2. The number of amides is 1. The largest absolute Gasteiger partial charge is 0.481 e.